The van der Waals surface area contributed by atoms with Crippen LogP contribution in [-0.4, -0.2) is 39.8 Å². The van der Waals surface area contributed by atoms with Gasteiger partial charge < -0.3 is 9.67 Å². The standard InChI is InChI=1S/C10H15N3O3S/c14-5-9-11-12-10(13(9)8-1-2-8)7-3-4-17(15,16)6-7/h7-8,14H,1-6H2. The van der Waals surface area contributed by atoms with Crippen molar-refractivity contribution in [1.29, 1.82) is 0 Å². The number of hydrogen-bond donors (Lipinski definition) is 1. The van der Waals surface area contributed by atoms with Gasteiger partial charge in [0.05, 0.1) is 11.5 Å². The highest BCUT2D eigenvalue weighted by atomic mass is 32.2. The Bertz CT molecular complexity index is 533. The molecule has 0 bridgehead atoms. The van der Waals surface area contributed by atoms with Crippen molar-refractivity contribution in [2.45, 2.75) is 37.8 Å². The summed E-state index contributed by atoms with van der Waals surface area (Å²) in [5, 5.41) is 17.3. The summed E-state index contributed by atoms with van der Waals surface area (Å²) in [5.41, 5.74) is 0. The molecule has 1 saturated carbocycles. The summed E-state index contributed by atoms with van der Waals surface area (Å²) in [4.78, 5) is 0. The third-order valence-electron chi connectivity index (χ3n) is 3.44. The fourth-order valence-electron chi connectivity index (χ4n) is 2.45. The normalized spacial score (nSPS) is 27.5. The molecule has 2 fully saturated rings. The summed E-state index contributed by atoms with van der Waals surface area (Å²) in [5.74, 6) is 1.67. The molecule has 3 rings (SSSR count). The lowest BCUT2D eigenvalue weighted by molar-refractivity contribution is 0.264. The van der Waals surface area contributed by atoms with Crippen molar-refractivity contribution in [3.63, 3.8) is 0 Å². The van der Waals surface area contributed by atoms with Gasteiger partial charge in [0.2, 0.25) is 0 Å². The molecule has 1 atom stereocenters. The molecule has 7 heteroatoms. The molecule has 94 valence electrons. The third kappa shape index (κ3) is 1.97. The highest BCUT2D eigenvalue weighted by molar-refractivity contribution is 7.91. The van der Waals surface area contributed by atoms with Crippen LogP contribution in [0.2, 0.25) is 0 Å². The van der Waals surface area contributed by atoms with Crippen molar-refractivity contribution in [3.05, 3.63) is 11.6 Å². The number of hydrogen-bond acceptors (Lipinski definition) is 5. The van der Waals surface area contributed by atoms with Gasteiger partial charge in [0.15, 0.2) is 15.7 Å². The molecule has 0 spiro atoms. The van der Waals surface area contributed by atoms with Crippen molar-refractivity contribution < 1.29 is 13.5 Å². The molecule has 1 aliphatic carbocycles. The van der Waals surface area contributed by atoms with Gasteiger partial charge in [0.1, 0.15) is 12.4 Å². The van der Waals surface area contributed by atoms with E-state index in [0.717, 1.165) is 18.7 Å². The topological polar surface area (TPSA) is 85.1 Å². The smallest absolute Gasteiger partial charge is 0.159 e. The Balaban J connectivity index is 1.95. The molecule has 1 unspecified atom stereocenters. The molecular weight excluding hydrogens is 242 g/mol. The van der Waals surface area contributed by atoms with Crippen molar-refractivity contribution in [2.75, 3.05) is 11.5 Å². The van der Waals surface area contributed by atoms with Gasteiger partial charge in [-0.05, 0) is 19.3 Å². The first-order chi connectivity index (χ1) is 8.11. The van der Waals surface area contributed by atoms with Crippen molar-refractivity contribution >= 4 is 9.84 Å². The predicted octanol–water partition coefficient (Wildman–Crippen LogP) is 0.00740. The summed E-state index contributed by atoms with van der Waals surface area (Å²) in [6.45, 7) is -0.136. The van der Waals surface area contributed by atoms with E-state index >= 15 is 0 Å². The van der Waals surface area contributed by atoms with E-state index in [-0.39, 0.29) is 24.0 Å². The van der Waals surface area contributed by atoms with Crippen LogP contribution in [0.4, 0.5) is 0 Å². The van der Waals surface area contributed by atoms with Crippen molar-refractivity contribution in [2.24, 2.45) is 0 Å². The number of aromatic nitrogens is 3. The van der Waals surface area contributed by atoms with E-state index in [1.807, 2.05) is 4.57 Å². The molecule has 1 N–H and O–H groups in total. The zero-order valence-corrected chi connectivity index (χ0v) is 10.2. The first kappa shape index (κ1) is 11.2. The van der Waals surface area contributed by atoms with Gasteiger partial charge in [-0.25, -0.2) is 8.42 Å². The molecule has 0 radical (unpaired) electrons. The van der Waals surface area contributed by atoms with Gasteiger partial charge in [0, 0.05) is 12.0 Å². The zero-order chi connectivity index (χ0) is 12.0. The van der Waals surface area contributed by atoms with Crippen LogP contribution in [0.3, 0.4) is 0 Å². The maximum absolute atomic E-state index is 11.5. The van der Waals surface area contributed by atoms with E-state index in [9.17, 15) is 13.5 Å². The monoisotopic (exact) mass is 257 g/mol. The summed E-state index contributed by atoms with van der Waals surface area (Å²) >= 11 is 0. The molecule has 2 aliphatic rings. The van der Waals surface area contributed by atoms with Crippen LogP contribution in [0.15, 0.2) is 0 Å². The van der Waals surface area contributed by atoms with Gasteiger partial charge in [-0.3, -0.25) is 0 Å². The van der Waals surface area contributed by atoms with E-state index in [0.29, 0.717) is 18.3 Å². The molecule has 1 aromatic heterocycles. The van der Waals surface area contributed by atoms with Gasteiger partial charge in [0.25, 0.3) is 0 Å². The van der Waals surface area contributed by atoms with Crippen LogP contribution >= 0.6 is 0 Å². The second-order valence-corrected chi connectivity index (χ2v) is 7.06. The number of aliphatic hydroxyl groups excluding tert-OH is 1. The molecule has 1 aliphatic heterocycles. The Kier molecular flexibility index (Phi) is 2.48. The Hall–Kier alpha value is -0.950. The van der Waals surface area contributed by atoms with Crippen molar-refractivity contribution in [3.8, 4) is 0 Å². The average molecular weight is 257 g/mol. The number of sulfone groups is 1. The number of aliphatic hydroxyl groups is 1. The largest absolute Gasteiger partial charge is 0.388 e. The maximum atomic E-state index is 11.5. The molecule has 6 nitrogen and oxygen atoms in total. The number of rotatable bonds is 3. The van der Waals surface area contributed by atoms with E-state index in [1.54, 1.807) is 0 Å². The Morgan fingerprint density at radius 1 is 1.29 bits per heavy atom. The van der Waals surface area contributed by atoms with Crippen LogP contribution < -0.4 is 0 Å². The second kappa shape index (κ2) is 3.78. The molecule has 2 heterocycles. The minimum Gasteiger partial charge on any atom is -0.388 e. The summed E-state index contributed by atoms with van der Waals surface area (Å²) in [7, 11) is -2.91. The minimum absolute atomic E-state index is 0.0478. The lowest BCUT2D eigenvalue weighted by Crippen LogP contribution is -2.12. The van der Waals surface area contributed by atoms with Gasteiger partial charge in [-0.2, -0.15) is 0 Å². The quantitative estimate of drug-likeness (QED) is 0.824. The number of nitrogens with zero attached hydrogens (tertiary/aromatic N) is 3. The van der Waals surface area contributed by atoms with Gasteiger partial charge >= 0.3 is 0 Å². The summed E-state index contributed by atoms with van der Waals surface area (Å²) < 4.78 is 24.9. The molecule has 0 amide bonds. The van der Waals surface area contributed by atoms with Crippen LogP contribution in [-0.2, 0) is 16.4 Å². The summed E-state index contributed by atoms with van der Waals surface area (Å²) in [6.07, 6.45) is 2.76. The van der Waals surface area contributed by atoms with E-state index in [1.165, 1.54) is 0 Å². The lowest BCUT2D eigenvalue weighted by atomic mass is 10.1. The molecule has 0 aromatic carbocycles. The SMILES string of the molecule is O=S1(=O)CCC(c2nnc(CO)n2C2CC2)C1. The highest BCUT2D eigenvalue weighted by Gasteiger charge is 2.36. The third-order valence-corrected chi connectivity index (χ3v) is 5.21. The maximum Gasteiger partial charge on any atom is 0.159 e. The second-order valence-electron chi connectivity index (χ2n) is 4.83. The van der Waals surface area contributed by atoms with Crippen LogP contribution in [0.1, 0.15) is 42.9 Å². The average Bonchev–Trinajstić information content (AvgIpc) is 2.93. The first-order valence-electron chi connectivity index (χ1n) is 5.85. The van der Waals surface area contributed by atoms with Crippen LogP contribution in [0.25, 0.3) is 0 Å². The van der Waals surface area contributed by atoms with Crippen molar-refractivity contribution in [1.82, 2.24) is 14.8 Å². The van der Waals surface area contributed by atoms with Gasteiger partial charge in [-0.15, -0.1) is 10.2 Å². The fourth-order valence-corrected chi connectivity index (χ4v) is 4.19. The Morgan fingerprint density at radius 2 is 2.06 bits per heavy atom. The lowest BCUT2D eigenvalue weighted by Gasteiger charge is -2.11. The molecule has 1 aromatic rings. The molecule has 1 saturated heterocycles. The first-order valence-corrected chi connectivity index (χ1v) is 7.68. The zero-order valence-electron chi connectivity index (χ0n) is 9.41. The molecular formula is C10H15N3O3S. The minimum atomic E-state index is -2.91. The summed E-state index contributed by atoms with van der Waals surface area (Å²) in [6, 6.07) is 0.366. The predicted molar refractivity (Wildman–Crippen MR) is 60.2 cm³/mol. The Labute approximate surface area is 99.6 Å². The van der Waals surface area contributed by atoms with Gasteiger partial charge in [-0.1, -0.05) is 0 Å². The molecule has 17 heavy (non-hydrogen) atoms. The van der Waals surface area contributed by atoms with E-state index < -0.39 is 9.84 Å². The van der Waals surface area contributed by atoms with E-state index in [4.69, 9.17) is 0 Å². The van der Waals surface area contributed by atoms with E-state index in [2.05, 4.69) is 10.2 Å². The van der Waals surface area contributed by atoms with Crippen LogP contribution in [0.5, 0.6) is 0 Å². The van der Waals surface area contributed by atoms with Crippen LogP contribution in [0, 0.1) is 0 Å². The fraction of sp³-hybridized carbons (Fsp3) is 0.800. The Morgan fingerprint density at radius 3 is 2.59 bits per heavy atom. The highest BCUT2D eigenvalue weighted by Crippen LogP contribution is 2.39.